The highest BCUT2D eigenvalue weighted by Gasteiger charge is 2.09. The number of nitrogens with zero attached hydrogens (tertiary/aromatic N) is 3. The van der Waals surface area contributed by atoms with Crippen LogP contribution in [0.1, 0.15) is 12.8 Å². The number of hydrogen-bond donors (Lipinski definition) is 0. The van der Waals surface area contributed by atoms with Crippen LogP contribution in [0.2, 0.25) is 0 Å². The highest BCUT2D eigenvalue weighted by Crippen LogP contribution is 2.18. The number of hydrogen-bond acceptors (Lipinski definition) is 3. The van der Waals surface area contributed by atoms with Gasteiger partial charge in [-0.15, -0.1) is 0 Å². The molecule has 0 N–H and O–H groups in total. The molecular formula is C12H9BrFN3O. The minimum atomic E-state index is -0.527. The summed E-state index contributed by atoms with van der Waals surface area (Å²) in [5.74, 6) is -0.527. The molecule has 92 valence electrons. The number of aryl methyl sites for hydroxylation is 1. The number of benzene rings is 1. The molecule has 0 unspecified atom stereocenters. The summed E-state index contributed by atoms with van der Waals surface area (Å²) < 4.78 is 15.5. The van der Waals surface area contributed by atoms with Crippen LogP contribution < -0.4 is 5.56 Å². The van der Waals surface area contributed by atoms with Gasteiger partial charge in [0.1, 0.15) is 5.52 Å². The molecule has 4 nitrogen and oxygen atoms in total. The Hall–Kier alpha value is -1.74. The second-order valence-electron chi connectivity index (χ2n) is 3.79. The zero-order valence-corrected chi connectivity index (χ0v) is 10.9. The molecule has 2 aromatic rings. The van der Waals surface area contributed by atoms with Crippen LogP contribution in [-0.4, -0.2) is 9.55 Å². The molecule has 0 aliphatic heterocycles. The Kier molecular flexibility index (Phi) is 3.72. The number of unbranched alkanes of at least 4 members (excludes halogenated alkanes) is 1. The van der Waals surface area contributed by atoms with Gasteiger partial charge in [0.25, 0.3) is 5.56 Å². The zero-order chi connectivity index (χ0) is 13.1. The Morgan fingerprint density at radius 1 is 1.50 bits per heavy atom. The van der Waals surface area contributed by atoms with Crippen molar-refractivity contribution in [2.45, 2.75) is 19.4 Å². The molecule has 0 fully saturated rings. The maximum Gasteiger partial charge on any atom is 0.261 e. The highest BCUT2D eigenvalue weighted by atomic mass is 79.9. The van der Waals surface area contributed by atoms with E-state index >= 15 is 0 Å². The van der Waals surface area contributed by atoms with Gasteiger partial charge >= 0.3 is 0 Å². The van der Waals surface area contributed by atoms with Gasteiger partial charge in [-0.05, 0) is 18.6 Å². The van der Waals surface area contributed by atoms with Crippen LogP contribution in [0.3, 0.4) is 0 Å². The lowest BCUT2D eigenvalue weighted by molar-refractivity contribution is 0.616. The molecule has 0 amide bonds. The molecule has 2 rings (SSSR count). The zero-order valence-electron chi connectivity index (χ0n) is 9.36. The topological polar surface area (TPSA) is 58.7 Å². The Labute approximate surface area is 111 Å². The summed E-state index contributed by atoms with van der Waals surface area (Å²) >= 11 is 3.15. The Morgan fingerprint density at radius 3 is 3.00 bits per heavy atom. The largest absolute Gasteiger partial charge is 0.299 e. The van der Waals surface area contributed by atoms with Crippen LogP contribution in [0.5, 0.6) is 0 Å². The SMILES string of the molecule is N#CCCCn1cnc2c(F)cc(Br)cc2c1=O. The lowest BCUT2D eigenvalue weighted by Crippen LogP contribution is -2.21. The Morgan fingerprint density at radius 2 is 2.28 bits per heavy atom. The molecule has 0 saturated heterocycles. The van der Waals surface area contributed by atoms with Crippen LogP contribution in [0.4, 0.5) is 4.39 Å². The molecule has 6 heteroatoms. The Bertz CT molecular complexity index is 690. The van der Waals surface area contributed by atoms with E-state index in [0.717, 1.165) is 0 Å². The molecular weight excluding hydrogens is 301 g/mol. The first-order chi connectivity index (χ1) is 8.63. The summed E-state index contributed by atoms with van der Waals surface area (Å²) in [6, 6.07) is 4.83. The first-order valence-corrected chi connectivity index (χ1v) is 6.14. The number of fused-ring (bicyclic) bond motifs is 1. The van der Waals surface area contributed by atoms with E-state index in [2.05, 4.69) is 20.9 Å². The molecule has 1 aromatic heterocycles. The van der Waals surface area contributed by atoms with Crippen LogP contribution in [0, 0.1) is 17.1 Å². The average molecular weight is 310 g/mol. The van der Waals surface area contributed by atoms with E-state index in [4.69, 9.17) is 5.26 Å². The van der Waals surface area contributed by atoms with Crippen molar-refractivity contribution in [2.75, 3.05) is 0 Å². The summed E-state index contributed by atoms with van der Waals surface area (Å²) in [5.41, 5.74) is -0.224. The third-order valence-corrected chi connectivity index (χ3v) is 2.99. The van der Waals surface area contributed by atoms with Crippen molar-refractivity contribution < 1.29 is 4.39 Å². The summed E-state index contributed by atoms with van der Waals surface area (Å²) in [6.07, 6.45) is 2.26. The van der Waals surface area contributed by atoms with E-state index in [1.807, 2.05) is 6.07 Å². The summed E-state index contributed by atoms with van der Waals surface area (Å²) in [7, 11) is 0. The lowest BCUT2D eigenvalue weighted by atomic mass is 10.2. The molecule has 0 aliphatic carbocycles. The molecule has 18 heavy (non-hydrogen) atoms. The van der Waals surface area contributed by atoms with Gasteiger partial charge in [0.05, 0.1) is 17.8 Å². The van der Waals surface area contributed by atoms with Crippen LogP contribution in [0.25, 0.3) is 10.9 Å². The third kappa shape index (κ3) is 2.41. The molecule has 0 bridgehead atoms. The standard InChI is InChI=1S/C12H9BrFN3O/c13-8-5-9-11(10(14)6-8)16-7-17(12(9)18)4-2-1-3-15/h5-7H,1-2,4H2. The van der Waals surface area contributed by atoms with Crippen molar-refractivity contribution in [3.05, 3.63) is 39.1 Å². The molecule has 0 radical (unpaired) electrons. The smallest absolute Gasteiger partial charge is 0.261 e. The predicted molar refractivity (Wildman–Crippen MR) is 68.5 cm³/mol. The second kappa shape index (κ2) is 5.27. The van der Waals surface area contributed by atoms with E-state index in [-0.39, 0.29) is 16.5 Å². The van der Waals surface area contributed by atoms with Gasteiger partial charge in [-0.2, -0.15) is 5.26 Å². The molecule has 0 atom stereocenters. The van der Waals surface area contributed by atoms with E-state index in [0.29, 0.717) is 23.9 Å². The van der Waals surface area contributed by atoms with E-state index in [1.54, 1.807) is 6.07 Å². The molecule has 1 aromatic carbocycles. The summed E-state index contributed by atoms with van der Waals surface area (Å²) in [4.78, 5) is 16.0. The van der Waals surface area contributed by atoms with Gasteiger partial charge in [0, 0.05) is 17.4 Å². The van der Waals surface area contributed by atoms with Crippen molar-refractivity contribution in [3.8, 4) is 6.07 Å². The number of nitriles is 1. The van der Waals surface area contributed by atoms with Gasteiger partial charge in [0.15, 0.2) is 5.82 Å². The van der Waals surface area contributed by atoms with Gasteiger partial charge in [0.2, 0.25) is 0 Å². The van der Waals surface area contributed by atoms with Gasteiger partial charge in [-0.25, -0.2) is 9.37 Å². The monoisotopic (exact) mass is 309 g/mol. The van der Waals surface area contributed by atoms with Gasteiger partial charge < -0.3 is 0 Å². The minimum Gasteiger partial charge on any atom is -0.299 e. The fourth-order valence-electron chi connectivity index (χ4n) is 1.68. The van der Waals surface area contributed by atoms with E-state index < -0.39 is 5.82 Å². The lowest BCUT2D eigenvalue weighted by Gasteiger charge is -2.06. The molecule has 0 spiro atoms. The first kappa shape index (κ1) is 12.7. The summed E-state index contributed by atoms with van der Waals surface area (Å²) in [6.45, 7) is 0.406. The number of halogens is 2. The minimum absolute atomic E-state index is 0.0692. The second-order valence-corrected chi connectivity index (χ2v) is 4.70. The molecule has 0 aliphatic rings. The fourth-order valence-corrected chi connectivity index (χ4v) is 2.11. The van der Waals surface area contributed by atoms with Gasteiger partial charge in [-0.1, -0.05) is 15.9 Å². The van der Waals surface area contributed by atoms with Crippen molar-refractivity contribution in [3.63, 3.8) is 0 Å². The third-order valence-electron chi connectivity index (χ3n) is 2.53. The van der Waals surface area contributed by atoms with Crippen molar-refractivity contribution >= 4 is 26.8 Å². The Balaban J connectivity index is 2.51. The van der Waals surface area contributed by atoms with Crippen molar-refractivity contribution in [1.29, 1.82) is 5.26 Å². The normalized spacial score (nSPS) is 10.5. The fraction of sp³-hybridized carbons (Fsp3) is 0.250. The number of aromatic nitrogens is 2. The van der Waals surface area contributed by atoms with Crippen molar-refractivity contribution in [2.24, 2.45) is 0 Å². The molecule has 1 heterocycles. The van der Waals surface area contributed by atoms with Crippen LogP contribution in [-0.2, 0) is 6.54 Å². The van der Waals surface area contributed by atoms with E-state index in [1.165, 1.54) is 17.0 Å². The quantitative estimate of drug-likeness (QED) is 0.819. The summed E-state index contributed by atoms with van der Waals surface area (Å²) in [5, 5.41) is 8.69. The maximum absolute atomic E-state index is 13.6. The van der Waals surface area contributed by atoms with E-state index in [9.17, 15) is 9.18 Å². The van der Waals surface area contributed by atoms with Crippen LogP contribution in [0.15, 0.2) is 27.7 Å². The highest BCUT2D eigenvalue weighted by molar-refractivity contribution is 9.10. The number of rotatable bonds is 3. The predicted octanol–water partition coefficient (Wildman–Crippen LogP) is 2.60. The average Bonchev–Trinajstić information content (AvgIpc) is 2.33. The van der Waals surface area contributed by atoms with Gasteiger partial charge in [-0.3, -0.25) is 9.36 Å². The maximum atomic E-state index is 13.6. The first-order valence-electron chi connectivity index (χ1n) is 5.34. The van der Waals surface area contributed by atoms with Crippen molar-refractivity contribution in [1.82, 2.24) is 9.55 Å². The van der Waals surface area contributed by atoms with Crippen LogP contribution >= 0.6 is 15.9 Å². The molecule has 0 saturated carbocycles.